The maximum atomic E-state index is 13.0. The Morgan fingerprint density at radius 1 is 1.19 bits per heavy atom. The predicted octanol–water partition coefficient (Wildman–Crippen LogP) is 1.95. The Morgan fingerprint density at radius 2 is 1.93 bits per heavy atom. The second kappa shape index (κ2) is 6.81. The Kier molecular flexibility index (Phi) is 4.47. The molecular formula is C20H22N2O5. The van der Waals surface area contributed by atoms with Gasteiger partial charge in [0.25, 0.3) is 5.91 Å². The summed E-state index contributed by atoms with van der Waals surface area (Å²) in [6.45, 7) is 1.76. The molecule has 1 aliphatic carbocycles. The smallest absolute Gasteiger partial charge is 0.287 e. The first-order valence-electron chi connectivity index (χ1n) is 9.25. The summed E-state index contributed by atoms with van der Waals surface area (Å²) < 4.78 is 10.9. The largest absolute Gasteiger partial charge is 0.451 e. The summed E-state index contributed by atoms with van der Waals surface area (Å²) in [6.07, 6.45) is 2.35. The number of Topliss-reactive ketones (excluding diaryl/α,β-unsaturated/α-hetero) is 1. The minimum Gasteiger partial charge on any atom is -0.451 e. The van der Waals surface area contributed by atoms with Crippen LogP contribution in [0.3, 0.4) is 0 Å². The molecule has 2 heterocycles. The SMILES string of the molecule is C[C@H]1OCC(=O)[C@H]1NC(=O)C1(NC(=O)c2cc3ccccc3o2)CCCC1. The number of furan rings is 1. The number of amides is 2. The van der Waals surface area contributed by atoms with Crippen LogP contribution < -0.4 is 10.6 Å². The van der Waals surface area contributed by atoms with Crippen molar-refractivity contribution in [1.82, 2.24) is 10.6 Å². The van der Waals surface area contributed by atoms with E-state index in [4.69, 9.17) is 9.15 Å². The molecule has 7 nitrogen and oxygen atoms in total. The summed E-state index contributed by atoms with van der Waals surface area (Å²) >= 11 is 0. The van der Waals surface area contributed by atoms with Gasteiger partial charge in [-0.1, -0.05) is 31.0 Å². The monoisotopic (exact) mass is 370 g/mol. The number of nitrogens with one attached hydrogen (secondary N) is 2. The van der Waals surface area contributed by atoms with Crippen molar-refractivity contribution in [2.45, 2.75) is 50.3 Å². The maximum Gasteiger partial charge on any atom is 0.287 e. The molecule has 1 saturated heterocycles. The molecule has 0 unspecified atom stereocenters. The second-order valence-corrected chi connectivity index (χ2v) is 7.33. The molecule has 1 saturated carbocycles. The Bertz CT molecular complexity index is 864. The number of fused-ring (bicyclic) bond motifs is 1. The number of benzene rings is 1. The molecule has 0 bridgehead atoms. The van der Waals surface area contributed by atoms with Gasteiger partial charge in [0, 0.05) is 5.39 Å². The van der Waals surface area contributed by atoms with Crippen molar-refractivity contribution in [1.29, 1.82) is 0 Å². The average Bonchev–Trinajstić information content (AvgIpc) is 3.37. The van der Waals surface area contributed by atoms with E-state index in [9.17, 15) is 14.4 Å². The first-order chi connectivity index (χ1) is 13.0. The fraction of sp³-hybridized carbons (Fsp3) is 0.450. The summed E-state index contributed by atoms with van der Waals surface area (Å²) in [7, 11) is 0. The summed E-state index contributed by atoms with van der Waals surface area (Å²) in [5, 5.41) is 6.49. The topological polar surface area (TPSA) is 97.6 Å². The molecule has 4 rings (SSSR count). The molecule has 0 radical (unpaired) electrons. The van der Waals surface area contributed by atoms with Crippen LogP contribution in [0.25, 0.3) is 11.0 Å². The number of ether oxygens (including phenoxy) is 1. The van der Waals surface area contributed by atoms with Gasteiger partial charge in [-0.15, -0.1) is 0 Å². The zero-order chi connectivity index (χ0) is 19.0. The highest BCUT2D eigenvalue weighted by atomic mass is 16.5. The van der Waals surface area contributed by atoms with Crippen molar-refractivity contribution < 1.29 is 23.5 Å². The highest BCUT2D eigenvalue weighted by Gasteiger charge is 2.45. The zero-order valence-electron chi connectivity index (χ0n) is 15.1. The van der Waals surface area contributed by atoms with Crippen LogP contribution in [-0.4, -0.2) is 41.9 Å². The van der Waals surface area contributed by atoms with E-state index < -0.39 is 17.5 Å². The molecule has 2 atom stereocenters. The Balaban J connectivity index is 1.53. The highest BCUT2D eigenvalue weighted by Crippen LogP contribution is 2.31. The molecule has 2 aliphatic rings. The Hall–Kier alpha value is -2.67. The standard InChI is InChI=1S/C20H22N2O5/c1-12-17(14(23)11-26-12)21-19(25)20(8-4-5-9-20)22-18(24)16-10-13-6-2-3-7-15(13)27-16/h2-3,6-7,10,12,17H,4-5,8-9,11H2,1H3,(H,21,25)(H,22,24)/t12-,17+/m1/s1. The van der Waals surface area contributed by atoms with Gasteiger partial charge >= 0.3 is 0 Å². The van der Waals surface area contributed by atoms with Crippen LogP contribution in [0, 0.1) is 0 Å². The minimum atomic E-state index is -1.03. The van der Waals surface area contributed by atoms with E-state index in [1.807, 2.05) is 18.2 Å². The fourth-order valence-electron chi connectivity index (χ4n) is 3.90. The van der Waals surface area contributed by atoms with Crippen molar-refractivity contribution in [3.8, 4) is 0 Å². The summed E-state index contributed by atoms with van der Waals surface area (Å²) in [6, 6.07) is 8.35. The fourth-order valence-corrected chi connectivity index (χ4v) is 3.90. The predicted molar refractivity (Wildman–Crippen MR) is 97.2 cm³/mol. The molecule has 142 valence electrons. The number of hydrogen-bond acceptors (Lipinski definition) is 5. The van der Waals surface area contributed by atoms with Crippen molar-refractivity contribution in [3.63, 3.8) is 0 Å². The molecule has 1 aliphatic heterocycles. The number of hydrogen-bond donors (Lipinski definition) is 2. The molecule has 2 aromatic rings. The van der Waals surface area contributed by atoms with E-state index in [0.717, 1.165) is 18.2 Å². The molecule has 2 amide bonds. The highest BCUT2D eigenvalue weighted by molar-refractivity contribution is 6.01. The molecule has 2 N–H and O–H groups in total. The summed E-state index contributed by atoms with van der Waals surface area (Å²) in [4.78, 5) is 37.7. The van der Waals surface area contributed by atoms with Gasteiger partial charge in [0.2, 0.25) is 5.91 Å². The summed E-state index contributed by atoms with van der Waals surface area (Å²) in [5.41, 5.74) is -0.409. The van der Waals surface area contributed by atoms with Gasteiger partial charge in [-0.25, -0.2) is 0 Å². The first-order valence-corrected chi connectivity index (χ1v) is 9.25. The first kappa shape index (κ1) is 17.7. The number of rotatable bonds is 4. The van der Waals surface area contributed by atoms with Crippen LogP contribution in [-0.2, 0) is 14.3 Å². The van der Waals surface area contributed by atoms with Gasteiger partial charge < -0.3 is 19.8 Å². The molecule has 1 aromatic carbocycles. The lowest BCUT2D eigenvalue weighted by Gasteiger charge is -2.30. The zero-order valence-corrected chi connectivity index (χ0v) is 15.1. The van der Waals surface area contributed by atoms with Gasteiger partial charge in [0.05, 0.1) is 6.10 Å². The lowest BCUT2D eigenvalue weighted by Crippen LogP contribution is -2.60. The maximum absolute atomic E-state index is 13.0. The number of para-hydroxylation sites is 1. The quantitative estimate of drug-likeness (QED) is 0.857. The van der Waals surface area contributed by atoms with Gasteiger partial charge in [-0.3, -0.25) is 14.4 Å². The average molecular weight is 370 g/mol. The third kappa shape index (κ3) is 3.23. The van der Waals surface area contributed by atoms with Crippen LogP contribution in [0.5, 0.6) is 0 Å². The summed E-state index contributed by atoms with van der Waals surface area (Å²) in [5.74, 6) is -0.734. The van der Waals surface area contributed by atoms with Gasteiger partial charge in [0.15, 0.2) is 11.5 Å². The number of carbonyl (C=O) groups excluding carboxylic acids is 3. The van der Waals surface area contributed by atoms with E-state index >= 15 is 0 Å². The number of ketones is 1. The molecule has 7 heteroatoms. The van der Waals surface area contributed by atoms with Crippen LogP contribution in [0.4, 0.5) is 0 Å². The normalized spacial score (nSPS) is 24.3. The van der Waals surface area contributed by atoms with E-state index in [1.165, 1.54) is 0 Å². The third-order valence-electron chi connectivity index (χ3n) is 5.49. The molecule has 2 fully saturated rings. The van der Waals surface area contributed by atoms with E-state index in [1.54, 1.807) is 19.1 Å². The van der Waals surface area contributed by atoms with E-state index in [2.05, 4.69) is 10.6 Å². The van der Waals surface area contributed by atoms with Crippen molar-refractivity contribution in [2.75, 3.05) is 6.61 Å². The van der Waals surface area contributed by atoms with Crippen molar-refractivity contribution in [3.05, 3.63) is 36.1 Å². The molecule has 1 aromatic heterocycles. The molecule has 27 heavy (non-hydrogen) atoms. The van der Waals surface area contributed by atoms with Crippen LogP contribution in [0.1, 0.15) is 43.2 Å². The Labute approximate surface area is 156 Å². The number of carbonyl (C=O) groups is 3. The van der Waals surface area contributed by atoms with E-state index in [0.29, 0.717) is 18.4 Å². The van der Waals surface area contributed by atoms with Crippen LogP contribution in [0.15, 0.2) is 34.7 Å². The minimum absolute atomic E-state index is 0.00442. The van der Waals surface area contributed by atoms with Crippen LogP contribution in [0.2, 0.25) is 0 Å². The lowest BCUT2D eigenvalue weighted by molar-refractivity contribution is -0.130. The van der Waals surface area contributed by atoms with Gasteiger partial charge in [0.1, 0.15) is 23.8 Å². The lowest BCUT2D eigenvalue weighted by atomic mass is 9.94. The third-order valence-corrected chi connectivity index (χ3v) is 5.49. The van der Waals surface area contributed by atoms with Crippen LogP contribution >= 0.6 is 0 Å². The van der Waals surface area contributed by atoms with Crippen molar-refractivity contribution >= 4 is 28.6 Å². The molecule has 0 spiro atoms. The van der Waals surface area contributed by atoms with Gasteiger partial charge in [-0.2, -0.15) is 0 Å². The second-order valence-electron chi connectivity index (χ2n) is 7.33. The van der Waals surface area contributed by atoms with E-state index in [-0.39, 0.29) is 30.2 Å². The Morgan fingerprint density at radius 3 is 2.59 bits per heavy atom. The van der Waals surface area contributed by atoms with Crippen molar-refractivity contribution in [2.24, 2.45) is 0 Å². The molecular weight excluding hydrogens is 348 g/mol. The van der Waals surface area contributed by atoms with Gasteiger partial charge in [-0.05, 0) is 31.9 Å².